The molecule has 1 fully saturated rings. The fraction of sp³-hybridized carbons (Fsp3) is 0.667. The number of aliphatic hydroxyl groups is 3. The number of aliphatic carboxylic acids is 1. The van der Waals surface area contributed by atoms with E-state index in [1.807, 2.05) is 0 Å². The largest absolute Gasteiger partial charge is 0.481 e. The van der Waals surface area contributed by atoms with Gasteiger partial charge in [0, 0.05) is 37.1 Å². The summed E-state index contributed by atoms with van der Waals surface area (Å²) < 4.78 is 62.5. The van der Waals surface area contributed by atoms with Crippen LogP contribution in [-0.2, 0) is 61.2 Å². The summed E-state index contributed by atoms with van der Waals surface area (Å²) in [4.78, 5) is 98.1. The van der Waals surface area contributed by atoms with Crippen molar-refractivity contribution in [3.63, 3.8) is 0 Å². The zero-order valence-corrected chi connectivity index (χ0v) is 34.3. The van der Waals surface area contributed by atoms with E-state index >= 15 is 0 Å². The second-order valence-electron chi connectivity index (χ2n) is 13.3. The van der Waals surface area contributed by atoms with E-state index in [-0.39, 0.29) is 48.7 Å². The van der Waals surface area contributed by atoms with Crippen molar-refractivity contribution in [2.24, 2.45) is 5.41 Å². The van der Waals surface area contributed by atoms with Crippen LogP contribution < -0.4 is 16.4 Å². The van der Waals surface area contributed by atoms with Gasteiger partial charge in [0.25, 0.3) is 0 Å². The summed E-state index contributed by atoms with van der Waals surface area (Å²) >= 11 is 0.773. The first-order valence-electron chi connectivity index (χ1n) is 16.6. The monoisotopic (exact) mass is 911 g/mol. The van der Waals surface area contributed by atoms with Crippen molar-refractivity contribution in [3.05, 3.63) is 12.7 Å². The molecular weight excluding hydrogens is 867 g/mol. The molecular formula is C27H44N7O20P3S. The number of thioether (sulfide) groups is 1. The minimum Gasteiger partial charge on any atom is -0.481 e. The number of carbonyl (C=O) groups excluding carboxylic acids is 3. The number of hydrogen-bond donors (Lipinski definition) is 11. The topological polar surface area (TPSA) is 421 Å². The number of carboxylic acid groups (broad SMARTS) is 1. The van der Waals surface area contributed by atoms with Crippen LogP contribution >= 0.6 is 35.2 Å². The fourth-order valence-corrected chi connectivity index (χ4v) is 8.69. The molecule has 0 radical (unpaired) electrons. The number of phosphoric ester groups is 3. The number of aliphatic hydroxyl groups excluding tert-OH is 3. The predicted molar refractivity (Wildman–Crippen MR) is 195 cm³/mol. The van der Waals surface area contributed by atoms with Crippen molar-refractivity contribution in [2.45, 2.75) is 76.3 Å². The standard InChI is InChI=1S/C27H44N7O20P3S/c1-26(2,22(41)25(42)30-5-4-16(36)29-6-7-58-18(39)9-14(35)8-17(37)38)11-51-57(48,49)54-56(46,47)50-10-15-20(53-55(43,44)45)21(40)27(3,52-15)34-13-33-19-23(28)31-12-32-24(19)34/h12-15,20-22,35,40-41H,4-11H2,1-3H3,(H,29,36)(H,30,42)(H,37,38)(H,46,47)(H,48,49)(H2,28,31,32)(H2,43,44,45). The number of nitrogens with zero attached hydrogens (tertiary/aromatic N) is 4. The summed E-state index contributed by atoms with van der Waals surface area (Å²) in [7, 11) is -16.5. The second kappa shape index (κ2) is 20.0. The average Bonchev–Trinajstić information content (AvgIpc) is 3.63. The molecule has 8 atom stereocenters. The van der Waals surface area contributed by atoms with Gasteiger partial charge in [-0.25, -0.2) is 28.6 Å². The molecule has 1 aliphatic heterocycles. The number of phosphoric acid groups is 3. The van der Waals surface area contributed by atoms with Gasteiger partial charge >= 0.3 is 29.4 Å². The number of aromatic nitrogens is 4. The van der Waals surface area contributed by atoms with Crippen LogP contribution in [0.4, 0.5) is 5.82 Å². The number of rotatable bonds is 23. The number of hydrogen-bond acceptors (Lipinski definition) is 20. The molecule has 58 heavy (non-hydrogen) atoms. The van der Waals surface area contributed by atoms with E-state index < -0.39 is 108 Å². The maximum atomic E-state index is 12.7. The maximum absolute atomic E-state index is 12.7. The number of carboxylic acids is 1. The Bertz CT molecular complexity index is 1950. The van der Waals surface area contributed by atoms with Crippen LogP contribution in [0.3, 0.4) is 0 Å². The van der Waals surface area contributed by atoms with Gasteiger partial charge in [0.15, 0.2) is 22.3 Å². The lowest BCUT2D eigenvalue weighted by atomic mass is 9.87. The molecule has 2 aromatic rings. The number of ether oxygens (including phenoxy) is 1. The molecule has 1 aliphatic rings. The number of nitrogens with one attached hydrogen (secondary N) is 2. The molecule has 0 aliphatic carbocycles. The quantitative estimate of drug-likeness (QED) is 0.0427. The number of carbonyl (C=O) groups is 4. The summed E-state index contributed by atoms with van der Waals surface area (Å²) in [6, 6.07) is 0. The zero-order valence-electron chi connectivity index (χ0n) is 30.8. The molecule has 8 unspecified atom stereocenters. The molecule has 0 aromatic carbocycles. The van der Waals surface area contributed by atoms with Crippen LogP contribution in [0.1, 0.15) is 40.0 Å². The molecule has 0 bridgehead atoms. The summed E-state index contributed by atoms with van der Waals surface area (Å²) in [5, 5.41) is 44.0. The van der Waals surface area contributed by atoms with Crippen molar-refractivity contribution in [1.29, 1.82) is 0 Å². The van der Waals surface area contributed by atoms with E-state index in [0.717, 1.165) is 29.0 Å². The average molecular weight is 912 g/mol. The Morgan fingerprint density at radius 1 is 1.03 bits per heavy atom. The Hall–Kier alpha value is -3.01. The first-order valence-corrected chi connectivity index (χ1v) is 22.1. The molecule has 2 amide bonds. The highest BCUT2D eigenvalue weighted by Gasteiger charge is 2.57. The number of anilines is 1. The molecule has 31 heteroatoms. The van der Waals surface area contributed by atoms with Crippen molar-refractivity contribution in [1.82, 2.24) is 30.2 Å². The van der Waals surface area contributed by atoms with Gasteiger partial charge in [-0.05, 0) is 6.92 Å². The summed E-state index contributed by atoms with van der Waals surface area (Å²) in [6.45, 7) is 1.30. The normalized spacial score (nSPS) is 23.1. The second-order valence-corrected chi connectivity index (χ2v) is 18.7. The van der Waals surface area contributed by atoms with Gasteiger partial charge in [0.05, 0.1) is 32.1 Å². The molecule has 3 heterocycles. The van der Waals surface area contributed by atoms with Crippen LogP contribution in [0.5, 0.6) is 0 Å². The molecule has 0 saturated carbocycles. The van der Waals surface area contributed by atoms with Gasteiger partial charge in [-0.15, -0.1) is 0 Å². The third-order valence-electron chi connectivity index (χ3n) is 8.06. The van der Waals surface area contributed by atoms with Gasteiger partial charge in [0.1, 0.15) is 36.3 Å². The Labute approximate surface area is 332 Å². The smallest absolute Gasteiger partial charge is 0.481 e. The molecule has 328 valence electrons. The van der Waals surface area contributed by atoms with Gasteiger partial charge in [-0.1, -0.05) is 25.6 Å². The van der Waals surface area contributed by atoms with Gasteiger partial charge < -0.3 is 61.1 Å². The highest BCUT2D eigenvalue weighted by molar-refractivity contribution is 8.13. The lowest BCUT2D eigenvalue weighted by molar-refractivity contribution is -0.139. The van der Waals surface area contributed by atoms with Crippen molar-refractivity contribution < 1.29 is 95.5 Å². The van der Waals surface area contributed by atoms with Crippen LogP contribution in [0, 0.1) is 5.41 Å². The Balaban J connectivity index is 1.50. The van der Waals surface area contributed by atoms with Gasteiger partial charge in [0.2, 0.25) is 11.8 Å². The lowest BCUT2D eigenvalue weighted by Gasteiger charge is -2.30. The van der Waals surface area contributed by atoms with E-state index in [1.54, 1.807) is 0 Å². The van der Waals surface area contributed by atoms with Crippen LogP contribution in [0.15, 0.2) is 12.7 Å². The SMILES string of the molecule is CC(C)(COP(=O)(O)OP(=O)(O)OCC1OC(C)(n2cnc3c(N)ncnc32)C(O)C1OP(=O)(O)O)C(O)C(=O)NCCC(=O)NCCSC(=O)CC(O)CC(=O)O. The van der Waals surface area contributed by atoms with E-state index in [4.69, 9.17) is 29.1 Å². The fourth-order valence-electron chi connectivity index (χ4n) is 5.13. The van der Waals surface area contributed by atoms with Crippen molar-refractivity contribution in [3.8, 4) is 0 Å². The van der Waals surface area contributed by atoms with Crippen LogP contribution in [-0.4, -0.2) is 145 Å². The lowest BCUT2D eigenvalue weighted by Crippen LogP contribution is -2.46. The van der Waals surface area contributed by atoms with Crippen LogP contribution in [0.2, 0.25) is 0 Å². The number of imidazole rings is 1. The molecule has 3 rings (SSSR count). The Morgan fingerprint density at radius 3 is 2.33 bits per heavy atom. The minimum absolute atomic E-state index is 0.00349. The third kappa shape index (κ3) is 14.3. The summed E-state index contributed by atoms with van der Waals surface area (Å²) in [5.74, 6) is -2.79. The Morgan fingerprint density at radius 2 is 1.69 bits per heavy atom. The van der Waals surface area contributed by atoms with E-state index in [2.05, 4.69) is 29.9 Å². The maximum Gasteiger partial charge on any atom is 0.481 e. The molecule has 0 spiro atoms. The number of nitrogens with two attached hydrogens (primary N) is 1. The first-order chi connectivity index (χ1) is 26.7. The molecule has 2 aromatic heterocycles. The van der Waals surface area contributed by atoms with E-state index in [9.17, 15) is 67.8 Å². The third-order valence-corrected chi connectivity index (χ3v) is 12.1. The Kier molecular flexibility index (Phi) is 17.0. The molecule has 1 saturated heterocycles. The van der Waals surface area contributed by atoms with Gasteiger partial charge in [-0.2, -0.15) is 4.31 Å². The van der Waals surface area contributed by atoms with Gasteiger partial charge in [-0.3, -0.25) is 37.3 Å². The highest BCUT2D eigenvalue weighted by atomic mass is 32.2. The molecule has 27 nitrogen and oxygen atoms in total. The first kappa shape index (κ1) is 49.4. The highest BCUT2D eigenvalue weighted by Crippen LogP contribution is 2.61. The summed E-state index contributed by atoms with van der Waals surface area (Å²) in [5.41, 5.74) is 2.20. The molecule has 12 N–H and O–H groups in total. The zero-order chi connectivity index (χ0) is 43.9. The minimum atomic E-state index is -5.62. The number of fused-ring (bicyclic) bond motifs is 1. The van der Waals surface area contributed by atoms with E-state index in [1.165, 1.54) is 20.8 Å². The van der Waals surface area contributed by atoms with Crippen molar-refractivity contribution in [2.75, 3.05) is 37.8 Å². The number of nitrogen functional groups attached to an aromatic ring is 1. The van der Waals surface area contributed by atoms with Crippen molar-refractivity contribution >= 4 is 75.1 Å². The van der Waals surface area contributed by atoms with Crippen LogP contribution in [0.25, 0.3) is 11.2 Å². The number of amides is 2. The predicted octanol–water partition coefficient (Wildman–Crippen LogP) is -1.94. The van der Waals surface area contributed by atoms with E-state index in [0.29, 0.717) is 0 Å². The summed E-state index contributed by atoms with van der Waals surface area (Å²) in [6.07, 6.45) is -8.05.